The Morgan fingerprint density at radius 3 is 2.09 bits per heavy atom. The molecule has 2 aromatic heterocycles. The first kappa shape index (κ1) is 25.3. The Hall–Kier alpha value is -5.19. The lowest BCUT2D eigenvalue weighted by atomic mass is 9.82. The summed E-state index contributed by atoms with van der Waals surface area (Å²) < 4.78 is 2.53. The van der Waals surface area contributed by atoms with Gasteiger partial charge < -0.3 is 0 Å². The number of thiophene rings is 1. The second-order valence-corrected chi connectivity index (χ2v) is 13.1. The van der Waals surface area contributed by atoms with Crippen molar-refractivity contribution in [3.63, 3.8) is 0 Å². The van der Waals surface area contributed by atoms with E-state index in [1.165, 1.54) is 53.2 Å². The first-order valence-electron chi connectivity index (χ1n) is 15.0. The molecular formula is C40H27N3S. The van der Waals surface area contributed by atoms with Gasteiger partial charge in [0, 0.05) is 42.3 Å². The SMILES string of the molecule is CC1(C)c2ccccc2-c2ccc(-c3nc(-c4ccccc4)nc(-c4cccc5sc6c7ccccc7ccc6c45)n3)cc21. The highest BCUT2D eigenvalue weighted by atomic mass is 32.1. The fourth-order valence-electron chi connectivity index (χ4n) is 6.93. The van der Waals surface area contributed by atoms with Crippen molar-refractivity contribution in [3.8, 4) is 45.3 Å². The van der Waals surface area contributed by atoms with Gasteiger partial charge in [0.1, 0.15) is 0 Å². The molecule has 3 nitrogen and oxygen atoms in total. The van der Waals surface area contributed by atoms with Gasteiger partial charge in [0.2, 0.25) is 0 Å². The molecule has 0 spiro atoms. The van der Waals surface area contributed by atoms with Gasteiger partial charge >= 0.3 is 0 Å². The van der Waals surface area contributed by atoms with E-state index in [4.69, 9.17) is 15.0 Å². The third-order valence-corrected chi connectivity index (χ3v) is 10.3. The number of hydrogen-bond donors (Lipinski definition) is 0. The maximum absolute atomic E-state index is 5.20. The molecule has 0 amide bonds. The minimum absolute atomic E-state index is 0.107. The van der Waals surface area contributed by atoms with Gasteiger partial charge in [-0.2, -0.15) is 0 Å². The Balaban J connectivity index is 1.29. The van der Waals surface area contributed by atoms with Gasteiger partial charge in [-0.25, -0.2) is 15.0 Å². The van der Waals surface area contributed by atoms with Gasteiger partial charge in [0.25, 0.3) is 0 Å². The maximum Gasteiger partial charge on any atom is 0.164 e. The topological polar surface area (TPSA) is 38.7 Å². The smallest absolute Gasteiger partial charge is 0.164 e. The molecule has 0 aliphatic heterocycles. The van der Waals surface area contributed by atoms with Crippen molar-refractivity contribution in [2.75, 3.05) is 0 Å². The quantitative estimate of drug-likeness (QED) is 0.208. The summed E-state index contributed by atoms with van der Waals surface area (Å²) in [6.07, 6.45) is 0. The molecule has 0 bridgehead atoms. The molecule has 1 aliphatic carbocycles. The van der Waals surface area contributed by atoms with E-state index >= 15 is 0 Å². The average molecular weight is 582 g/mol. The Morgan fingerprint density at radius 1 is 0.500 bits per heavy atom. The van der Waals surface area contributed by atoms with Crippen LogP contribution in [0.2, 0.25) is 0 Å². The van der Waals surface area contributed by atoms with Gasteiger partial charge in [-0.1, -0.05) is 129 Å². The molecule has 1 aliphatic rings. The van der Waals surface area contributed by atoms with Gasteiger partial charge in [-0.15, -0.1) is 11.3 Å². The van der Waals surface area contributed by atoms with E-state index in [0.29, 0.717) is 17.5 Å². The van der Waals surface area contributed by atoms with Crippen LogP contribution in [0.15, 0.2) is 127 Å². The molecule has 9 rings (SSSR count). The summed E-state index contributed by atoms with van der Waals surface area (Å²) in [6, 6.07) is 45.2. The van der Waals surface area contributed by atoms with Crippen LogP contribution in [0, 0.1) is 0 Å². The molecule has 208 valence electrons. The minimum atomic E-state index is -0.107. The summed E-state index contributed by atoms with van der Waals surface area (Å²) in [4.78, 5) is 15.4. The largest absolute Gasteiger partial charge is 0.208 e. The first-order chi connectivity index (χ1) is 21.6. The predicted octanol–water partition coefficient (Wildman–Crippen LogP) is 10.7. The number of fused-ring (bicyclic) bond motifs is 8. The molecule has 0 radical (unpaired) electrons. The van der Waals surface area contributed by atoms with Crippen molar-refractivity contribution in [1.29, 1.82) is 0 Å². The molecule has 2 heterocycles. The molecule has 0 fully saturated rings. The van der Waals surface area contributed by atoms with Gasteiger partial charge in [-0.05, 0) is 45.2 Å². The summed E-state index contributed by atoms with van der Waals surface area (Å²) in [7, 11) is 0. The van der Waals surface area contributed by atoms with Crippen molar-refractivity contribution >= 4 is 42.3 Å². The van der Waals surface area contributed by atoms with Crippen molar-refractivity contribution in [2.24, 2.45) is 0 Å². The van der Waals surface area contributed by atoms with Crippen LogP contribution in [0.5, 0.6) is 0 Å². The van der Waals surface area contributed by atoms with Crippen LogP contribution in [-0.2, 0) is 5.41 Å². The van der Waals surface area contributed by atoms with E-state index in [-0.39, 0.29) is 5.41 Å². The van der Waals surface area contributed by atoms with E-state index in [2.05, 4.69) is 123 Å². The fraction of sp³-hybridized carbons (Fsp3) is 0.0750. The van der Waals surface area contributed by atoms with Gasteiger partial charge in [0.05, 0.1) is 0 Å². The van der Waals surface area contributed by atoms with E-state index < -0.39 is 0 Å². The summed E-state index contributed by atoms with van der Waals surface area (Å²) in [5.74, 6) is 2.05. The highest BCUT2D eigenvalue weighted by Gasteiger charge is 2.35. The van der Waals surface area contributed by atoms with Crippen LogP contribution in [0.3, 0.4) is 0 Å². The zero-order valence-corrected chi connectivity index (χ0v) is 25.2. The van der Waals surface area contributed by atoms with Crippen LogP contribution in [-0.4, -0.2) is 15.0 Å². The van der Waals surface area contributed by atoms with Crippen molar-refractivity contribution in [2.45, 2.75) is 19.3 Å². The van der Waals surface area contributed by atoms with Crippen molar-refractivity contribution in [1.82, 2.24) is 15.0 Å². The van der Waals surface area contributed by atoms with Crippen LogP contribution < -0.4 is 0 Å². The first-order valence-corrected chi connectivity index (χ1v) is 15.8. The molecule has 6 aromatic carbocycles. The predicted molar refractivity (Wildman–Crippen MR) is 184 cm³/mol. The summed E-state index contributed by atoms with van der Waals surface area (Å²) in [5, 5.41) is 4.96. The molecule has 0 N–H and O–H groups in total. The molecule has 8 aromatic rings. The van der Waals surface area contributed by atoms with Crippen molar-refractivity contribution in [3.05, 3.63) is 139 Å². The Morgan fingerprint density at radius 2 is 1.20 bits per heavy atom. The minimum Gasteiger partial charge on any atom is -0.208 e. The maximum atomic E-state index is 5.20. The summed E-state index contributed by atoms with van der Waals surface area (Å²) in [6.45, 7) is 4.61. The lowest BCUT2D eigenvalue weighted by Gasteiger charge is -2.21. The Kier molecular flexibility index (Phi) is 5.41. The van der Waals surface area contributed by atoms with Crippen molar-refractivity contribution < 1.29 is 0 Å². The number of benzene rings is 6. The zero-order chi connectivity index (χ0) is 29.4. The number of rotatable bonds is 3. The van der Waals surface area contributed by atoms with Crippen LogP contribution in [0.1, 0.15) is 25.0 Å². The second kappa shape index (κ2) is 9.40. The highest BCUT2D eigenvalue weighted by molar-refractivity contribution is 7.26. The molecule has 44 heavy (non-hydrogen) atoms. The molecular weight excluding hydrogens is 555 g/mol. The Bertz CT molecular complexity index is 2420. The summed E-state index contributed by atoms with van der Waals surface area (Å²) >= 11 is 1.84. The molecule has 0 saturated carbocycles. The molecule has 0 unspecified atom stereocenters. The number of nitrogens with zero attached hydrogens (tertiary/aromatic N) is 3. The number of hydrogen-bond acceptors (Lipinski definition) is 4. The molecule has 0 atom stereocenters. The normalized spacial score (nSPS) is 13.4. The average Bonchev–Trinajstić information content (AvgIpc) is 3.58. The molecule has 4 heteroatoms. The monoisotopic (exact) mass is 581 g/mol. The second-order valence-electron chi connectivity index (χ2n) is 12.0. The molecule has 0 saturated heterocycles. The lowest BCUT2D eigenvalue weighted by molar-refractivity contribution is 0.660. The van der Waals surface area contributed by atoms with Crippen LogP contribution in [0.4, 0.5) is 0 Å². The van der Waals surface area contributed by atoms with Gasteiger partial charge in [-0.3, -0.25) is 0 Å². The van der Waals surface area contributed by atoms with Crippen LogP contribution in [0.25, 0.3) is 76.2 Å². The third kappa shape index (κ3) is 3.71. The van der Waals surface area contributed by atoms with E-state index in [9.17, 15) is 0 Å². The number of aromatic nitrogens is 3. The van der Waals surface area contributed by atoms with Gasteiger partial charge in [0.15, 0.2) is 17.5 Å². The van der Waals surface area contributed by atoms with E-state index in [0.717, 1.165) is 16.7 Å². The van der Waals surface area contributed by atoms with E-state index in [1.807, 2.05) is 29.5 Å². The standard InChI is InChI=1S/C40H27N3S/c1-40(2)32-17-9-8-15-28(32)29-21-20-26(23-33(29)40)38-41-37(25-12-4-3-5-13-25)42-39(43-38)31-16-10-18-34-35(31)30-22-19-24-11-6-7-14-27(24)36(30)44-34/h3-23H,1-2H3. The van der Waals surface area contributed by atoms with Crippen LogP contribution >= 0.6 is 11.3 Å². The van der Waals surface area contributed by atoms with E-state index in [1.54, 1.807) is 0 Å². The lowest BCUT2D eigenvalue weighted by Crippen LogP contribution is -2.15. The Labute approximate surface area is 259 Å². The third-order valence-electron chi connectivity index (χ3n) is 9.14. The zero-order valence-electron chi connectivity index (χ0n) is 24.4. The summed E-state index contributed by atoms with van der Waals surface area (Å²) in [5.41, 5.74) is 8.15. The highest BCUT2D eigenvalue weighted by Crippen LogP contribution is 2.49. The fourth-order valence-corrected chi connectivity index (χ4v) is 8.19.